The number of fused-ring (bicyclic) bond motifs is 1. The molecule has 3 aromatic rings. The molecule has 0 saturated heterocycles. The first-order valence-corrected chi connectivity index (χ1v) is 7.63. The molecule has 0 saturated carbocycles. The zero-order valence-corrected chi connectivity index (χ0v) is 13.8. The maximum Gasteiger partial charge on any atom is 0.152 e. The lowest BCUT2D eigenvalue weighted by Gasteiger charge is -1.96. The number of benzene rings is 2. The minimum atomic E-state index is 0.0817. The van der Waals surface area contributed by atoms with E-state index in [0.717, 1.165) is 16.8 Å². The van der Waals surface area contributed by atoms with Gasteiger partial charge in [-0.3, -0.25) is 9.78 Å². The van der Waals surface area contributed by atoms with Gasteiger partial charge in [-0.25, -0.2) is 0 Å². The highest BCUT2D eigenvalue weighted by molar-refractivity contribution is 5.91. The van der Waals surface area contributed by atoms with E-state index in [1.165, 1.54) is 10.9 Å². The summed E-state index contributed by atoms with van der Waals surface area (Å²) in [6.45, 7) is 5.58. The second-order valence-corrected chi connectivity index (χ2v) is 5.45. The second-order valence-electron chi connectivity index (χ2n) is 5.45. The van der Waals surface area contributed by atoms with E-state index in [2.05, 4.69) is 17.1 Å². The quantitative estimate of drug-likeness (QED) is 0.613. The first-order valence-electron chi connectivity index (χ1n) is 7.63. The van der Waals surface area contributed by atoms with Gasteiger partial charge in [-0.05, 0) is 50.1 Å². The van der Waals surface area contributed by atoms with Gasteiger partial charge in [-0.15, -0.1) is 0 Å². The first kappa shape index (κ1) is 16.6. The molecule has 116 valence electrons. The number of hydrogen-bond acceptors (Lipinski definition) is 2. The van der Waals surface area contributed by atoms with Gasteiger partial charge in [-0.1, -0.05) is 54.6 Å². The molecule has 0 aliphatic rings. The van der Waals surface area contributed by atoms with Gasteiger partial charge in [0.2, 0.25) is 0 Å². The molecular formula is C21H21NO. The van der Waals surface area contributed by atoms with Crippen molar-refractivity contribution in [3.05, 3.63) is 83.6 Å². The van der Waals surface area contributed by atoms with Gasteiger partial charge < -0.3 is 0 Å². The van der Waals surface area contributed by atoms with E-state index in [4.69, 9.17) is 0 Å². The average Bonchev–Trinajstić information content (AvgIpc) is 2.54. The molecule has 0 bridgehead atoms. The Hall–Kier alpha value is -2.74. The Morgan fingerprint density at radius 1 is 0.913 bits per heavy atom. The van der Waals surface area contributed by atoms with E-state index in [0.29, 0.717) is 0 Å². The van der Waals surface area contributed by atoms with Crippen molar-refractivity contribution in [3.8, 4) is 0 Å². The molecule has 0 amide bonds. The summed E-state index contributed by atoms with van der Waals surface area (Å²) >= 11 is 0. The molecule has 0 radical (unpaired) electrons. The van der Waals surface area contributed by atoms with Crippen LogP contribution in [0.2, 0.25) is 0 Å². The zero-order valence-electron chi connectivity index (χ0n) is 13.8. The maximum atomic E-state index is 10.6. The van der Waals surface area contributed by atoms with Crippen LogP contribution in [-0.2, 0) is 4.79 Å². The van der Waals surface area contributed by atoms with Gasteiger partial charge in [-0.2, -0.15) is 0 Å². The number of carbonyl (C=O) groups excluding carboxylic acids is 1. The summed E-state index contributed by atoms with van der Waals surface area (Å²) in [5.41, 5.74) is 4.44. The minimum absolute atomic E-state index is 0.0817. The molecule has 23 heavy (non-hydrogen) atoms. The summed E-state index contributed by atoms with van der Waals surface area (Å²) < 4.78 is 0. The Morgan fingerprint density at radius 2 is 1.61 bits per heavy atom. The fourth-order valence-corrected chi connectivity index (χ4v) is 2.15. The highest BCUT2D eigenvalue weighted by atomic mass is 16.1. The minimum Gasteiger partial charge on any atom is -0.295 e. The van der Waals surface area contributed by atoms with E-state index in [1.54, 1.807) is 13.0 Å². The van der Waals surface area contributed by atoms with Crippen LogP contribution in [0, 0.1) is 13.8 Å². The lowest BCUT2D eigenvalue weighted by Crippen LogP contribution is -1.82. The number of nitrogens with zero attached hydrogens (tertiary/aromatic N) is 1. The summed E-state index contributed by atoms with van der Waals surface area (Å²) in [7, 11) is 0. The zero-order chi connectivity index (χ0) is 16.7. The molecule has 0 aliphatic heterocycles. The molecule has 2 aromatic carbocycles. The predicted octanol–water partition coefficient (Wildman–Crippen LogP) is 5.14. The number of aromatic nitrogens is 1. The number of allylic oxidation sites excluding steroid dienone is 1. The molecule has 0 N–H and O–H groups in total. The molecule has 1 aromatic heterocycles. The van der Waals surface area contributed by atoms with Crippen LogP contribution in [0.5, 0.6) is 0 Å². The third-order valence-electron chi connectivity index (χ3n) is 3.42. The normalized spacial score (nSPS) is 10.4. The van der Waals surface area contributed by atoms with E-state index in [1.807, 2.05) is 68.5 Å². The molecule has 2 nitrogen and oxygen atoms in total. The van der Waals surface area contributed by atoms with Crippen molar-refractivity contribution in [2.24, 2.45) is 0 Å². The van der Waals surface area contributed by atoms with Crippen molar-refractivity contribution >= 4 is 22.8 Å². The monoisotopic (exact) mass is 303 g/mol. The van der Waals surface area contributed by atoms with Gasteiger partial charge in [0.05, 0.1) is 5.52 Å². The Labute approximate surface area is 137 Å². The summed E-state index contributed by atoms with van der Waals surface area (Å²) in [5.74, 6) is 0.0817. The standard InChI is InChI=1S/C11H12O.C10H9N/c1-9-5-3-4-6-11(9)8-7-10(2)12;1-8-6-7-9-4-2-3-5-10(9)11-8/h3-8H,1-2H3;2-7H,1H3/b8-7-;. The van der Waals surface area contributed by atoms with Crippen molar-refractivity contribution in [2.75, 3.05) is 0 Å². The number of hydrogen-bond donors (Lipinski definition) is 0. The predicted molar refractivity (Wildman–Crippen MR) is 97.4 cm³/mol. The van der Waals surface area contributed by atoms with Crippen LogP contribution in [0.3, 0.4) is 0 Å². The third-order valence-corrected chi connectivity index (χ3v) is 3.42. The number of ketones is 1. The Kier molecular flexibility index (Phi) is 5.81. The molecule has 0 spiro atoms. The SMILES string of the molecule is CC(=O)/C=C\c1ccccc1C.Cc1ccc2ccccc2n1. The fourth-order valence-electron chi connectivity index (χ4n) is 2.15. The van der Waals surface area contributed by atoms with Crippen molar-refractivity contribution in [1.29, 1.82) is 0 Å². The lowest BCUT2D eigenvalue weighted by molar-refractivity contribution is -0.112. The third kappa shape index (κ3) is 5.19. The van der Waals surface area contributed by atoms with Crippen molar-refractivity contribution in [2.45, 2.75) is 20.8 Å². The van der Waals surface area contributed by atoms with Crippen molar-refractivity contribution < 1.29 is 4.79 Å². The smallest absolute Gasteiger partial charge is 0.152 e. The van der Waals surface area contributed by atoms with Crippen molar-refractivity contribution in [1.82, 2.24) is 4.98 Å². The van der Waals surface area contributed by atoms with Crippen LogP contribution >= 0.6 is 0 Å². The van der Waals surface area contributed by atoms with Crippen LogP contribution in [0.1, 0.15) is 23.7 Å². The highest BCUT2D eigenvalue weighted by Gasteiger charge is 1.91. The Bertz CT molecular complexity index is 834. The molecule has 0 atom stereocenters. The number of carbonyl (C=O) groups is 1. The number of pyridine rings is 1. The van der Waals surface area contributed by atoms with Crippen LogP contribution in [0.25, 0.3) is 17.0 Å². The fraction of sp³-hybridized carbons (Fsp3) is 0.143. The van der Waals surface area contributed by atoms with E-state index < -0.39 is 0 Å². The number of aryl methyl sites for hydroxylation is 2. The topological polar surface area (TPSA) is 30.0 Å². The lowest BCUT2D eigenvalue weighted by atomic mass is 10.1. The highest BCUT2D eigenvalue weighted by Crippen LogP contribution is 2.10. The second kappa shape index (κ2) is 8.04. The molecule has 2 heteroatoms. The Balaban J connectivity index is 0.000000167. The Morgan fingerprint density at radius 3 is 2.35 bits per heavy atom. The summed E-state index contributed by atoms with van der Waals surface area (Å²) in [5, 5.41) is 1.21. The molecule has 3 rings (SSSR count). The first-order chi connectivity index (χ1) is 11.1. The van der Waals surface area contributed by atoms with Crippen LogP contribution in [0.15, 0.2) is 66.7 Å². The largest absolute Gasteiger partial charge is 0.295 e. The molecule has 0 aliphatic carbocycles. The maximum absolute atomic E-state index is 10.6. The molecular weight excluding hydrogens is 282 g/mol. The number of rotatable bonds is 2. The van der Waals surface area contributed by atoms with Gasteiger partial charge in [0.25, 0.3) is 0 Å². The van der Waals surface area contributed by atoms with Gasteiger partial charge in [0.1, 0.15) is 0 Å². The van der Waals surface area contributed by atoms with E-state index >= 15 is 0 Å². The summed E-state index contributed by atoms with van der Waals surface area (Å²) in [6, 6.07) is 20.2. The molecule has 0 unspecified atom stereocenters. The van der Waals surface area contributed by atoms with Crippen molar-refractivity contribution in [3.63, 3.8) is 0 Å². The molecule has 1 heterocycles. The van der Waals surface area contributed by atoms with E-state index in [-0.39, 0.29) is 5.78 Å². The van der Waals surface area contributed by atoms with Gasteiger partial charge in [0.15, 0.2) is 5.78 Å². The van der Waals surface area contributed by atoms with Crippen LogP contribution in [-0.4, -0.2) is 10.8 Å². The van der Waals surface area contributed by atoms with Crippen LogP contribution < -0.4 is 0 Å². The average molecular weight is 303 g/mol. The summed E-state index contributed by atoms with van der Waals surface area (Å²) in [4.78, 5) is 15.0. The van der Waals surface area contributed by atoms with Gasteiger partial charge >= 0.3 is 0 Å². The van der Waals surface area contributed by atoms with Gasteiger partial charge in [0, 0.05) is 11.1 Å². The summed E-state index contributed by atoms with van der Waals surface area (Å²) in [6.07, 6.45) is 3.43. The molecule has 0 fully saturated rings. The van der Waals surface area contributed by atoms with E-state index in [9.17, 15) is 4.79 Å². The number of para-hydroxylation sites is 1. The van der Waals surface area contributed by atoms with Crippen LogP contribution in [0.4, 0.5) is 0 Å².